The molecule has 0 bridgehead atoms. The molecule has 2 aromatic carbocycles. The Labute approximate surface area is 116 Å². The third kappa shape index (κ3) is 2.12. The van der Waals surface area contributed by atoms with Crippen LogP contribution in [-0.4, -0.2) is 5.11 Å². The van der Waals surface area contributed by atoms with E-state index in [2.05, 4.69) is 0 Å². The average Bonchev–Trinajstić information content (AvgIpc) is 2.59. The lowest BCUT2D eigenvalue weighted by atomic mass is 9.81. The van der Waals surface area contributed by atoms with E-state index < -0.39 is 17.2 Å². The maximum atomic E-state index is 14.1. The second kappa shape index (κ2) is 4.98. The van der Waals surface area contributed by atoms with Crippen LogP contribution in [0.3, 0.4) is 0 Å². The van der Waals surface area contributed by atoms with Crippen molar-refractivity contribution in [2.45, 2.75) is 31.3 Å². The molecule has 20 heavy (non-hydrogen) atoms. The summed E-state index contributed by atoms with van der Waals surface area (Å²) in [7, 11) is 0. The van der Waals surface area contributed by atoms with Crippen LogP contribution in [0.5, 0.6) is 0 Å². The van der Waals surface area contributed by atoms with Crippen molar-refractivity contribution in [1.29, 1.82) is 0 Å². The van der Waals surface area contributed by atoms with Crippen molar-refractivity contribution >= 4 is 0 Å². The third-order valence-corrected chi connectivity index (χ3v) is 4.07. The van der Waals surface area contributed by atoms with Crippen LogP contribution in [0.15, 0.2) is 42.5 Å². The van der Waals surface area contributed by atoms with Gasteiger partial charge in [-0.3, -0.25) is 0 Å². The molecule has 0 amide bonds. The normalized spacial score (nSPS) is 22.1. The minimum Gasteiger partial charge on any atom is -0.380 e. The molecule has 0 aromatic heterocycles. The van der Waals surface area contributed by atoms with Crippen molar-refractivity contribution in [2.24, 2.45) is 0 Å². The number of fused-ring (bicyclic) bond motifs is 1. The summed E-state index contributed by atoms with van der Waals surface area (Å²) in [4.78, 5) is 0. The van der Waals surface area contributed by atoms with Crippen molar-refractivity contribution in [1.82, 2.24) is 0 Å². The Bertz CT molecular complexity index is 639. The van der Waals surface area contributed by atoms with E-state index in [0.717, 1.165) is 36.5 Å². The molecule has 2 aromatic rings. The molecule has 1 N–H and O–H groups in total. The lowest BCUT2D eigenvalue weighted by Crippen LogP contribution is -2.29. The van der Waals surface area contributed by atoms with Gasteiger partial charge >= 0.3 is 0 Å². The fourth-order valence-corrected chi connectivity index (χ4v) is 3.08. The van der Waals surface area contributed by atoms with Gasteiger partial charge in [0.15, 0.2) is 0 Å². The van der Waals surface area contributed by atoms with Gasteiger partial charge in [-0.1, -0.05) is 24.3 Å². The molecule has 1 unspecified atom stereocenters. The third-order valence-electron chi connectivity index (χ3n) is 4.07. The molecule has 0 spiro atoms. The molecular weight excluding hydrogens is 258 g/mol. The largest absolute Gasteiger partial charge is 0.380 e. The maximum absolute atomic E-state index is 14.1. The Morgan fingerprint density at radius 1 is 0.950 bits per heavy atom. The number of hydrogen-bond acceptors (Lipinski definition) is 1. The van der Waals surface area contributed by atoms with Crippen LogP contribution in [0.25, 0.3) is 0 Å². The zero-order chi connectivity index (χ0) is 14.2. The van der Waals surface area contributed by atoms with Crippen molar-refractivity contribution in [3.63, 3.8) is 0 Å². The van der Waals surface area contributed by atoms with Gasteiger partial charge in [-0.05, 0) is 48.9 Å². The zero-order valence-corrected chi connectivity index (χ0v) is 11.1. The summed E-state index contributed by atoms with van der Waals surface area (Å²) in [6.45, 7) is 0. The molecule has 0 aliphatic heterocycles. The number of halogens is 2. The zero-order valence-electron chi connectivity index (χ0n) is 11.1. The standard InChI is InChI=1S/C17H16F2O/c18-13-8-9-15(16(19)11-13)17(20)10-4-3-6-12-5-1-2-7-14(12)17/h1-2,5,7-9,11,20H,3-4,6,10H2. The van der Waals surface area contributed by atoms with Crippen LogP contribution in [-0.2, 0) is 12.0 Å². The van der Waals surface area contributed by atoms with Crippen LogP contribution in [0.2, 0.25) is 0 Å². The molecule has 3 heteroatoms. The van der Waals surface area contributed by atoms with Gasteiger partial charge in [-0.2, -0.15) is 0 Å². The Balaban J connectivity index is 2.19. The number of rotatable bonds is 1. The molecular formula is C17H16F2O. The highest BCUT2D eigenvalue weighted by molar-refractivity contribution is 5.42. The van der Waals surface area contributed by atoms with Crippen LogP contribution in [0.4, 0.5) is 8.78 Å². The first-order valence-electron chi connectivity index (χ1n) is 6.87. The minimum absolute atomic E-state index is 0.160. The molecule has 1 aliphatic carbocycles. The summed E-state index contributed by atoms with van der Waals surface area (Å²) in [6, 6.07) is 11.0. The van der Waals surface area contributed by atoms with Crippen LogP contribution in [0, 0.1) is 11.6 Å². The highest BCUT2D eigenvalue weighted by atomic mass is 19.1. The van der Waals surface area contributed by atoms with Crippen molar-refractivity contribution in [3.8, 4) is 0 Å². The summed E-state index contributed by atoms with van der Waals surface area (Å²) in [5.41, 5.74) is 0.567. The monoisotopic (exact) mass is 274 g/mol. The molecule has 0 saturated heterocycles. The van der Waals surface area contributed by atoms with E-state index in [4.69, 9.17) is 0 Å². The SMILES string of the molecule is OC1(c2ccc(F)cc2F)CCCCc2ccccc21. The molecule has 3 rings (SSSR count). The predicted molar refractivity (Wildman–Crippen MR) is 73.4 cm³/mol. The summed E-state index contributed by atoms with van der Waals surface area (Å²) < 4.78 is 27.2. The van der Waals surface area contributed by atoms with E-state index >= 15 is 0 Å². The Morgan fingerprint density at radius 3 is 2.55 bits per heavy atom. The smallest absolute Gasteiger partial charge is 0.132 e. The van der Waals surface area contributed by atoms with Crippen LogP contribution < -0.4 is 0 Å². The maximum Gasteiger partial charge on any atom is 0.132 e. The topological polar surface area (TPSA) is 20.2 Å². The quantitative estimate of drug-likeness (QED) is 0.781. The molecule has 0 saturated carbocycles. The van der Waals surface area contributed by atoms with Gasteiger partial charge in [0.05, 0.1) is 0 Å². The summed E-state index contributed by atoms with van der Waals surface area (Å²) >= 11 is 0. The molecule has 0 heterocycles. The van der Waals surface area contributed by atoms with Crippen molar-refractivity contribution < 1.29 is 13.9 Å². The fraction of sp³-hybridized carbons (Fsp3) is 0.294. The van der Waals surface area contributed by atoms with E-state index in [-0.39, 0.29) is 5.56 Å². The fourth-order valence-electron chi connectivity index (χ4n) is 3.08. The van der Waals surface area contributed by atoms with Crippen LogP contribution >= 0.6 is 0 Å². The summed E-state index contributed by atoms with van der Waals surface area (Å²) in [6.07, 6.45) is 3.10. The van der Waals surface area contributed by atoms with Gasteiger partial charge in [0, 0.05) is 11.6 Å². The molecule has 1 nitrogen and oxygen atoms in total. The molecule has 0 fully saturated rings. The highest BCUT2D eigenvalue weighted by Crippen LogP contribution is 2.40. The van der Waals surface area contributed by atoms with Gasteiger partial charge in [0.2, 0.25) is 0 Å². The molecule has 1 aliphatic rings. The van der Waals surface area contributed by atoms with Gasteiger partial charge < -0.3 is 5.11 Å². The predicted octanol–water partition coefficient (Wildman–Crippen LogP) is 3.93. The summed E-state index contributed by atoms with van der Waals surface area (Å²) in [5, 5.41) is 11.1. The molecule has 0 radical (unpaired) electrons. The Kier molecular flexibility index (Phi) is 3.30. The Morgan fingerprint density at radius 2 is 1.75 bits per heavy atom. The van der Waals surface area contributed by atoms with E-state index in [1.165, 1.54) is 12.1 Å². The number of hydrogen-bond donors (Lipinski definition) is 1. The first-order chi connectivity index (χ1) is 9.61. The van der Waals surface area contributed by atoms with E-state index in [9.17, 15) is 13.9 Å². The van der Waals surface area contributed by atoms with Gasteiger partial charge in [-0.25, -0.2) is 8.78 Å². The lowest BCUT2D eigenvalue weighted by molar-refractivity contribution is 0.0665. The van der Waals surface area contributed by atoms with Crippen molar-refractivity contribution in [3.05, 3.63) is 70.8 Å². The number of aliphatic hydroxyl groups is 1. The number of benzene rings is 2. The molecule has 104 valence electrons. The first-order valence-corrected chi connectivity index (χ1v) is 6.87. The average molecular weight is 274 g/mol. The second-order valence-electron chi connectivity index (χ2n) is 5.35. The Hall–Kier alpha value is -1.74. The minimum atomic E-state index is -1.37. The van der Waals surface area contributed by atoms with E-state index in [1.54, 1.807) is 0 Å². The van der Waals surface area contributed by atoms with E-state index in [1.807, 2.05) is 24.3 Å². The highest BCUT2D eigenvalue weighted by Gasteiger charge is 2.36. The van der Waals surface area contributed by atoms with Crippen LogP contribution in [0.1, 0.15) is 36.0 Å². The second-order valence-corrected chi connectivity index (χ2v) is 5.35. The van der Waals surface area contributed by atoms with Gasteiger partial charge in [0.1, 0.15) is 17.2 Å². The van der Waals surface area contributed by atoms with Gasteiger partial charge in [0.25, 0.3) is 0 Å². The van der Waals surface area contributed by atoms with Gasteiger partial charge in [-0.15, -0.1) is 0 Å². The first kappa shape index (κ1) is 13.3. The van der Waals surface area contributed by atoms with Crippen molar-refractivity contribution in [2.75, 3.05) is 0 Å². The number of aryl methyl sites for hydroxylation is 1. The lowest BCUT2D eigenvalue weighted by Gasteiger charge is -2.30. The van der Waals surface area contributed by atoms with E-state index in [0.29, 0.717) is 6.42 Å². The summed E-state index contributed by atoms with van der Waals surface area (Å²) in [5.74, 6) is -1.32. The molecule has 1 atom stereocenters.